The maximum atomic E-state index is 13.5. The Morgan fingerprint density at radius 2 is 1.65 bits per heavy atom. The van der Waals surface area contributed by atoms with E-state index in [0.717, 1.165) is 46.3 Å². The number of rotatable bonds is 9. The van der Waals surface area contributed by atoms with Gasteiger partial charge in [-0.1, -0.05) is 65.5 Å². The molecular weight excluding hydrogens is 518 g/mol. The molecule has 1 N–H and O–H groups in total. The van der Waals surface area contributed by atoms with Gasteiger partial charge in [0.2, 0.25) is 21.8 Å². The highest BCUT2D eigenvalue weighted by molar-refractivity contribution is 9.10. The molecule has 34 heavy (non-hydrogen) atoms. The molecule has 2 aromatic rings. The Morgan fingerprint density at radius 3 is 2.24 bits per heavy atom. The maximum absolute atomic E-state index is 13.5. The van der Waals surface area contributed by atoms with Crippen LogP contribution in [0.4, 0.5) is 5.69 Å². The molecule has 184 valence electrons. The molecule has 1 unspecified atom stereocenters. The Kier molecular flexibility index (Phi) is 9.13. The summed E-state index contributed by atoms with van der Waals surface area (Å²) in [5.41, 5.74) is 1.25. The second-order valence-electron chi connectivity index (χ2n) is 8.77. The quantitative estimate of drug-likeness (QED) is 0.510. The van der Waals surface area contributed by atoms with Gasteiger partial charge in [-0.15, -0.1) is 0 Å². The van der Waals surface area contributed by atoms with E-state index in [4.69, 9.17) is 0 Å². The van der Waals surface area contributed by atoms with Crippen molar-refractivity contribution in [1.82, 2.24) is 10.2 Å². The van der Waals surface area contributed by atoms with Gasteiger partial charge in [0.05, 0.1) is 11.9 Å². The molecule has 2 aromatic carbocycles. The largest absolute Gasteiger partial charge is 0.352 e. The minimum absolute atomic E-state index is 0.118. The molecule has 0 aromatic heterocycles. The van der Waals surface area contributed by atoms with Crippen molar-refractivity contribution in [2.75, 3.05) is 17.1 Å². The summed E-state index contributed by atoms with van der Waals surface area (Å²) in [6.07, 6.45) is 6.30. The van der Waals surface area contributed by atoms with Crippen LogP contribution in [0.5, 0.6) is 0 Å². The van der Waals surface area contributed by atoms with Gasteiger partial charge in [0.15, 0.2) is 0 Å². The number of nitrogens with zero attached hydrogens (tertiary/aromatic N) is 2. The SMILES string of the molecule is CC(C(=O)NC1CCCCC1)N(Cc1ccccc1)C(=O)CN(c1ccc(Br)cc1)S(C)(=O)=O. The van der Waals surface area contributed by atoms with E-state index in [1.807, 2.05) is 30.3 Å². The zero-order chi connectivity index (χ0) is 24.7. The van der Waals surface area contributed by atoms with Gasteiger partial charge in [-0.3, -0.25) is 13.9 Å². The number of benzene rings is 2. The normalized spacial score (nSPS) is 15.4. The fourth-order valence-electron chi connectivity index (χ4n) is 4.15. The first-order chi connectivity index (χ1) is 16.1. The second-order valence-corrected chi connectivity index (χ2v) is 11.6. The number of nitrogens with one attached hydrogen (secondary N) is 1. The van der Waals surface area contributed by atoms with E-state index >= 15 is 0 Å². The molecular formula is C25H32BrN3O4S. The number of carbonyl (C=O) groups excluding carboxylic acids is 2. The van der Waals surface area contributed by atoms with Gasteiger partial charge in [0.25, 0.3) is 0 Å². The lowest BCUT2D eigenvalue weighted by atomic mass is 9.95. The first-order valence-corrected chi connectivity index (χ1v) is 14.2. The van der Waals surface area contributed by atoms with Crippen LogP contribution in [0.15, 0.2) is 59.1 Å². The molecule has 1 aliphatic carbocycles. The van der Waals surface area contributed by atoms with Gasteiger partial charge in [-0.2, -0.15) is 0 Å². The molecule has 9 heteroatoms. The zero-order valence-corrected chi connectivity index (χ0v) is 22.0. The zero-order valence-electron chi connectivity index (χ0n) is 19.6. The first-order valence-electron chi connectivity index (χ1n) is 11.5. The van der Waals surface area contributed by atoms with E-state index in [9.17, 15) is 18.0 Å². The number of sulfonamides is 1. The highest BCUT2D eigenvalue weighted by Crippen LogP contribution is 2.22. The van der Waals surface area contributed by atoms with Crippen LogP contribution in [0, 0.1) is 0 Å². The van der Waals surface area contributed by atoms with Crippen LogP contribution in [0.3, 0.4) is 0 Å². The third-order valence-electron chi connectivity index (χ3n) is 6.11. The van der Waals surface area contributed by atoms with E-state index in [1.54, 1.807) is 31.2 Å². The van der Waals surface area contributed by atoms with Crippen molar-refractivity contribution in [3.8, 4) is 0 Å². The van der Waals surface area contributed by atoms with Crippen LogP contribution in [-0.2, 0) is 26.2 Å². The van der Waals surface area contributed by atoms with Crippen LogP contribution in [0.1, 0.15) is 44.6 Å². The van der Waals surface area contributed by atoms with Gasteiger partial charge in [-0.05, 0) is 49.6 Å². The summed E-state index contributed by atoms with van der Waals surface area (Å²) in [7, 11) is -3.73. The van der Waals surface area contributed by atoms with Crippen molar-refractivity contribution in [2.45, 2.75) is 57.7 Å². The third kappa shape index (κ3) is 7.30. The van der Waals surface area contributed by atoms with Crippen molar-refractivity contribution in [1.29, 1.82) is 0 Å². The monoisotopic (exact) mass is 549 g/mol. The van der Waals surface area contributed by atoms with Crippen molar-refractivity contribution in [2.24, 2.45) is 0 Å². The number of hydrogen-bond acceptors (Lipinski definition) is 4. The maximum Gasteiger partial charge on any atom is 0.244 e. The Morgan fingerprint density at radius 1 is 1.03 bits per heavy atom. The third-order valence-corrected chi connectivity index (χ3v) is 7.78. The minimum atomic E-state index is -3.73. The number of carbonyl (C=O) groups is 2. The summed E-state index contributed by atoms with van der Waals surface area (Å²) >= 11 is 3.34. The van der Waals surface area contributed by atoms with Crippen LogP contribution >= 0.6 is 15.9 Å². The Bertz CT molecular complexity index is 1070. The highest BCUT2D eigenvalue weighted by atomic mass is 79.9. The highest BCUT2D eigenvalue weighted by Gasteiger charge is 2.31. The van der Waals surface area contributed by atoms with Gasteiger partial charge in [0.1, 0.15) is 12.6 Å². The summed E-state index contributed by atoms with van der Waals surface area (Å²) in [6.45, 7) is 1.51. The second kappa shape index (κ2) is 11.8. The Labute approximate surface area is 210 Å². The van der Waals surface area contributed by atoms with Crippen LogP contribution < -0.4 is 9.62 Å². The van der Waals surface area contributed by atoms with Crippen LogP contribution in [-0.4, -0.2) is 50.0 Å². The number of hydrogen-bond donors (Lipinski definition) is 1. The minimum Gasteiger partial charge on any atom is -0.352 e. The molecule has 0 spiro atoms. The molecule has 1 saturated carbocycles. The van der Waals surface area contributed by atoms with Gasteiger partial charge in [0, 0.05) is 17.1 Å². The molecule has 1 atom stereocenters. The van der Waals surface area contributed by atoms with E-state index in [1.165, 1.54) is 11.3 Å². The fourth-order valence-corrected chi connectivity index (χ4v) is 5.27. The summed E-state index contributed by atoms with van der Waals surface area (Å²) in [5, 5.41) is 3.09. The summed E-state index contributed by atoms with van der Waals surface area (Å²) in [5.74, 6) is -0.658. The van der Waals surface area contributed by atoms with E-state index in [0.29, 0.717) is 5.69 Å². The average molecular weight is 551 g/mol. The standard InChI is InChI=1S/C25H32BrN3O4S/c1-19(25(31)27-22-11-7-4-8-12-22)28(17-20-9-5-3-6-10-20)24(30)18-29(34(2,32)33)23-15-13-21(26)14-16-23/h3,5-6,9-10,13-16,19,22H,4,7-8,11-12,17-18H2,1-2H3,(H,27,31). The van der Waals surface area contributed by atoms with Crippen LogP contribution in [0.2, 0.25) is 0 Å². The van der Waals surface area contributed by atoms with Gasteiger partial charge < -0.3 is 10.2 Å². The van der Waals surface area contributed by atoms with Crippen molar-refractivity contribution in [3.63, 3.8) is 0 Å². The van der Waals surface area contributed by atoms with Gasteiger partial charge >= 0.3 is 0 Å². The molecule has 0 saturated heterocycles. The summed E-state index contributed by atoms with van der Waals surface area (Å²) in [6, 6.07) is 15.5. The topological polar surface area (TPSA) is 86.8 Å². The molecule has 0 radical (unpaired) electrons. The molecule has 7 nitrogen and oxygen atoms in total. The van der Waals surface area contributed by atoms with Crippen molar-refractivity contribution < 1.29 is 18.0 Å². The van der Waals surface area contributed by atoms with Crippen LogP contribution in [0.25, 0.3) is 0 Å². The summed E-state index contributed by atoms with van der Waals surface area (Å²) in [4.78, 5) is 28.1. The first kappa shape index (κ1) is 26.2. The van der Waals surface area contributed by atoms with E-state index in [2.05, 4.69) is 21.2 Å². The van der Waals surface area contributed by atoms with E-state index in [-0.39, 0.29) is 18.5 Å². The predicted octanol–water partition coefficient (Wildman–Crippen LogP) is 4.08. The summed E-state index contributed by atoms with van der Waals surface area (Å²) < 4.78 is 27.0. The molecule has 1 fully saturated rings. The number of amides is 2. The lowest BCUT2D eigenvalue weighted by molar-refractivity contribution is -0.139. The smallest absolute Gasteiger partial charge is 0.244 e. The van der Waals surface area contributed by atoms with Crippen molar-refractivity contribution in [3.05, 3.63) is 64.6 Å². The Hall–Kier alpha value is -2.39. The molecule has 0 aliphatic heterocycles. The molecule has 1 aliphatic rings. The lowest BCUT2D eigenvalue weighted by Gasteiger charge is -2.33. The molecule has 3 rings (SSSR count). The predicted molar refractivity (Wildman–Crippen MR) is 138 cm³/mol. The number of anilines is 1. The van der Waals surface area contributed by atoms with Gasteiger partial charge in [-0.25, -0.2) is 8.42 Å². The average Bonchev–Trinajstić information content (AvgIpc) is 2.81. The Balaban J connectivity index is 1.83. The van der Waals surface area contributed by atoms with E-state index < -0.39 is 28.5 Å². The lowest BCUT2D eigenvalue weighted by Crippen LogP contribution is -2.52. The number of halogens is 1. The fraction of sp³-hybridized carbons (Fsp3) is 0.440. The molecule has 0 bridgehead atoms. The van der Waals surface area contributed by atoms with Crippen molar-refractivity contribution >= 4 is 43.5 Å². The molecule has 2 amide bonds. The molecule has 0 heterocycles.